The summed E-state index contributed by atoms with van der Waals surface area (Å²) in [5.74, 6) is -0.359. The number of likely N-dealkylation sites (N-methyl/N-ethyl adjacent to an activating group) is 1. The van der Waals surface area contributed by atoms with Crippen LogP contribution in [0.5, 0.6) is 0 Å². The van der Waals surface area contributed by atoms with Crippen LogP contribution in [0.25, 0.3) is 0 Å². The molecule has 1 aromatic carbocycles. The van der Waals surface area contributed by atoms with Gasteiger partial charge in [0.2, 0.25) is 11.8 Å². The first-order valence-corrected chi connectivity index (χ1v) is 7.88. The molecule has 5 nitrogen and oxygen atoms in total. The molecule has 0 saturated carbocycles. The zero-order valence-electron chi connectivity index (χ0n) is 12.4. The van der Waals surface area contributed by atoms with E-state index in [1.165, 1.54) is 0 Å². The highest BCUT2D eigenvalue weighted by Gasteiger charge is 2.11. The number of hydrogen-bond acceptors (Lipinski definition) is 3. The van der Waals surface area contributed by atoms with Gasteiger partial charge in [-0.2, -0.15) is 0 Å². The first-order valence-electron chi connectivity index (χ1n) is 7.09. The van der Waals surface area contributed by atoms with Crippen LogP contribution in [0.2, 0.25) is 0 Å². The first kappa shape index (κ1) is 17.7. The Hall–Kier alpha value is -1.40. The summed E-state index contributed by atoms with van der Waals surface area (Å²) >= 11 is 3.40. The maximum Gasteiger partial charge on any atom is 0.239 e. The molecule has 0 aliphatic rings. The third-order valence-corrected chi connectivity index (χ3v) is 3.54. The minimum Gasteiger partial charge on any atom is -0.355 e. The lowest BCUT2D eigenvalue weighted by atomic mass is 10.0. The van der Waals surface area contributed by atoms with Crippen molar-refractivity contribution >= 4 is 27.7 Å². The van der Waals surface area contributed by atoms with Gasteiger partial charge in [-0.1, -0.05) is 35.0 Å². The molecule has 116 valence electrons. The van der Waals surface area contributed by atoms with E-state index in [0.717, 1.165) is 16.5 Å². The largest absolute Gasteiger partial charge is 0.355 e. The minimum atomic E-state index is -0.184. The predicted octanol–water partition coefficient (Wildman–Crippen LogP) is 1.74. The molecule has 21 heavy (non-hydrogen) atoms. The fourth-order valence-corrected chi connectivity index (χ4v) is 2.17. The second-order valence-corrected chi connectivity index (χ2v) is 5.54. The Bertz CT molecular complexity index is 462. The highest BCUT2D eigenvalue weighted by Crippen LogP contribution is 2.19. The van der Waals surface area contributed by atoms with E-state index >= 15 is 0 Å². The maximum absolute atomic E-state index is 11.7. The lowest BCUT2D eigenvalue weighted by Gasteiger charge is -2.17. The van der Waals surface area contributed by atoms with Crippen LogP contribution in [0.3, 0.4) is 0 Å². The van der Waals surface area contributed by atoms with Crippen molar-refractivity contribution in [3.63, 3.8) is 0 Å². The van der Waals surface area contributed by atoms with Crippen LogP contribution in [0, 0.1) is 0 Å². The predicted molar refractivity (Wildman–Crippen MR) is 86.9 cm³/mol. The van der Waals surface area contributed by atoms with Crippen molar-refractivity contribution in [3.05, 3.63) is 34.3 Å². The van der Waals surface area contributed by atoms with E-state index in [0.29, 0.717) is 6.54 Å². The summed E-state index contributed by atoms with van der Waals surface area (Å²) in [5, 5.41) is 8.42. The van der Waals surface area contributed by atoms with Crippen LogP contribution in [0.15, 0.2) is 28.7 Å². The summed E-state index contributed by atoms with van der Waals surface area (Å²) in [4.78, 5) is 22.9. The molecule has 0 bridgehead atoms. The third-order valence-electron chi connectivity index (χ3n) is 3.01. The molecule has 3 N–H and O–H groups in total. The molecule has 1 aromatic rings. The van der Waals surface area contributed by atoms with Crippen LogP contribution in [0.1, 0.15) is 31.9 Å². The molecular weight excluding hydrogens is 334 g/mol. The van der Waals surface area contributed by atoms with Gasteiger partial charge in [-0.15, -0.1) is 0 Å². The lowest BCUT2D eigenvalue weighted by molar-refractivity contribution is -0.125. The average molecular weight is 356 g/mol. The summed E-state index contributed by atoms with van der Waals surface area (Å²) in [6.07, 6.45) is 0.880. The van der Waals surface area contributed by atoms with Gasteiger partial charge in [-0.3, -0.25) is 9.59 Å². The highest BCUT2D eigenvalue weighted by atomic mass is 79.9. The van der Waals surface area contributed by atoms with Gasteiger partial charge in [0.15, 0.2) is 0 Å². The monoisotopic (exact) mass is 355 g/mol. The molecule has 0 aliphatic carbocycles. The number of hydrogen-bond donors (Lipinski definition) is 3. The summed E-state index contributed by atoms with van der Waals surface area (Å²) in [5.41, 5.74) is 1.14. The van der Waals surface area contributed by atoms with Gasteiger partial charge in [0, 0.05) is 17.1 Å². The quantitative estimate of drug-likeness (QED) is 0.665. The van der Waals surface area contributed by atoms with Crippen molar-refractivity contribution < 1.29 is 9.59 Å². The molecule has 0 unspecified atom stereocenters. The molecule has 0 radical (unpaired) electrons. The van der Waals surface area contributed by atoms with Crippen molar-refractivity contribution in [2.75, 3.05) is 19.6 Å². The first-order chi connectivity index (χ1) is 10.1. The van der Waals surface area contributed by atoms with E-state index in [1.807, 2.05) is 31.2 Å². The molecule has 6 heteroatoms. The third kappa shape index (κ3) is 6.73. The molecule has 2 amide bonds. The second kappa shape index (κ2) is 9.52. The Morgan fingerprint density at radius 2 is 1.67 bits per heavy atom. The van der Waals surface area contributed by atoms with Crippen molar-refractivity contribution in [2.45, 2.75) is 26.3 Å². The average Bonchev–Trinajstić information content (AvgIpc) is 2.48. The fraction of sp³-hybridized carbons (Fsp3) is 0.467. The molecule has 0 heterocycles. The Kier molecular flexibility index (Phi) is 8.00. The standard InChI is InChI=1S/C15H22BrN3O2/c1-3-13(11-5-7-12(16)8-6-11)18-9-15(21)19-10-14(20)17-4-2/h5-8,13,18H,3-4,9-10H2,1-2H3,(H,17,20)(H,19,21)/t13-/m1/s1. The maximum atomic E-state index is 11.7. The van der Waals surface area contributed by atoms with Gasteiger partial charge in [-0.25, -0.2) is 0 Å². The van der Waals surface area contributed by atoms with Gasteiger partial charge < -0.3 is 16.0 Å². The summed E-state index contributed by atoms with van der Waals surface area (Å²) in [6.45, 7) is 4.67. The van der Waals surface area contributed by atoms with Crippen LogP contribution < -0.4 is 16.0 Å². The fourth-order valence-electron chi connectivity index (χ4n) is 1.91. The zero-order chi connectivity index (χ0) is 15.7. The Morgan fingerprint density at radius 1 is 1.05 bits per heavy atom. The van der Waals surface area contributed by atoms with Crippen LogP contribution in [-0.2, 0) is 9.59 Å². The van der Waals surface area contributed by atoms with Crippen LogP contribution in [0.4, 0.5) is 0 Å². The number of halogens is 1. The number of carbonyl (C=O) groups is 2. The van der Waals surface area contributed by atoms with Gasteiger partial charge in [-0.05, 0) is 31.0 Å². The van der Waals surface area contributed by atoms with E-state index in [1.54, 1.807) is 0 Å². The minimum absolute atomic E-state index is 0.0173. The molecule has 0 spiro atoms. The molecule has 1 rings (SSSR count). The Morgan fingerprint density at radius 3 is 2.24 bits per heavy atom. The number of benzene rings is 1. The normalized spacial score (nSPS) is 11.8. The molecule has 1 atom stereocenters. The van der Waals surface area contributed by atoms with Gasteiger partial charge in [0.1, 0.15) is 0 Å². The van der Waals surface area contributed by atoms with Crippen molar-refractivity contribution in [2.24, 2.45) is 0 Å². The molecule has 0 aliphatic heterocycles. The number of rotatable bonds is 8. The summed E-state index contributed by atoms with van der Waals surface area (Å²) in [6, 6.07) is 8.13. The topological polar surface area (TPSA) is 70.2 Å². The van der Waals surface area contributed by atoms with Gasteiger partial charge in [0.25, 0.3) is 0 Å². The number of carbonyl (C=O) groups excluding carboxylic acids is 2. The second-order valence-electron chi connectivity index (χ2n) is 4.62. The van der Waals surface area contributed by atoms with E-state index in [2.05, 4.69) is 38.8 Å². The van der Waals surface area contributed by atoms with Crippen molar-refractivity contribution in [1.29, 1.82) is 0 Å². The van der Waals surface area contributed by atoms with Crippen LogP contribution >= 0.6 is 15.9 Å². The highest BCUT2D eigenvalue weighted by molar-refractivity contribution is 9.10. The van der Waals surface area contributed by atoms with Gasteiger partial charge >= 0.3 is 0 Å². The SMILES string of the molecule is CCNC(=O)CNC(=O)CN[C@H](CC)c1ccc(Br)cc1. The van der Waals surface area contributed by atoms with E-state index in [-0.39, 0.29) is 30.9 Å². The molecular formula is C15H22BrN3O2. The molecule has 0 aromatic heterocycles. The Balaban J connectivity index is 2.39. The molecule has 0 saturated heterocycles. The van der Waals surface area contributed by atoms with Crippen molar-refractivity contribution in [3.8, 4) is 0 Å². The van der Waals surface area contributed by atoms with Gasteiger partial charge in [0.05, 0.1) is 13.1 Å². The lowest BCUT2D eigenvalue weighted by Crippen LogP contribution is -2.41. The molecule has 0 fully saturated rings. The van der Waals surface area contributed by atoms with Crippen molar-refractivity contribution in [1.82, 2.24) is 16.0 Å². The van der Waals surface area contributed by atoms with E-state index in [4.69, 9.17) is 0 Å². The van der Waals surface area contributed by atoms with Crippen LogP contribution in [-0.4, -0.2) is 31.4 Å². The van der Waals surface area contributed by atoms with E-state index in [9.17, 15) is 9.59 Å². The summed E-state index contributed by atoms with van der Waals surface area (Å²) < 4.78 is 1.03. The number of nitrogens with one attached hydrogen (secondary N) is 3. The number of amides is 2. The summed E-state index contributed by atoms with van der Waals surface area (Å²) in [7, 11) is 0. The zero-order valence-corrected chi connectivity index (χ0v) is 14.0. The Labute approximate surface area is 134 Å². The smallest absolute Gasteiger partial charge is 0.239 e. The van der Waals surface area contributed by atoms with E-state index < -0.39 is 0 Å².